The Labute approximate surface area is 144 Å². The van der Waals surface area contributed by atoms with Crippen LogP contribution in [-0.4, -0.2) is 25.2 Å². The molecule has 126 valence electrons. The van der Waals surface area contributed by atoms with Gasteiger partial charge in [0.25, 0.3) is 0 Å². The number of nitrogens with zero attached hydrogens (tertiary/aromatic N) is 1. The van der Waals surface area contributed by atoms with Crippen LogP contribution in [-0.2, 0) is 6.42 Å². The van der Waals surface area contributed by atoms with Gasteiger partial charge >= 0.3 is 0 Å². The van der Waals surface area contributed by atoms with Gasteiger partial charge in [-0.3, -0.25) is 4.99 Å². The second-order valence-corrected chi connectivity index (χ2v) is 6.17. The molecule has 2 aromatic carbocycles. The molecular formula is C20H25N3O. The van der Waals surface area contributed by atoms with Crippen molar-refractivity contribution in [3.63, 3.8) is 0 Å². The van der Waals surface area contributed by atoms with E-state index >= 15 is 0 Å². The lowest BCUT2D eigenvalue weighted by atomic mass is 10.0. The first-order valence-electron chi connectivity index (χ1n) is 8.59. The van der Waals surface area contributed by atoms with Crippen molar-refractivity contribution in [3.05, 3.63) is 59.7 Å². The van der Waals surface area contributed by atoms with Crippen LogP contribution in [0.3, 0.4) is 0 Å². The Balaban J connectivity index is 1.67. The quantitative estimate of drug-likeness (QED) is 0.814. The Bertz CT molecular complexity index is 674. The van der Waals surface area contributed by atoms with E-state index < -0.39 is 0 Å². The highest BCUT2D eigenvalue weighted by atomic mass is 16.5. The molecule has 0 amide bonds. The molecule has 2 atom stereocenters. The number of aliphatic imine (C=N–C) groups is 1. The number of ether oxygens (including phenoxy) is 1. The lowest BCUT2D eigenvalue weighted by Crippen LogP contribution is -2.33. The summed E-state index contributed by atoms with van der Waals surface area (Å²) < 4.78 is 5.85. The molecule has 0 aliphatic carbocycles. The van der Waals surface area contributed by atoms with E-state index in [1.807, 2.05) is 0 Å². The van der Waals surface area contributed by atoms with Crippen LogP contribution in [0.15, 0.2) is 53.5 Å². The van der Waals surface area contributed by atoms with Crippen LogP contribution in [0.5, 0.6) is 5.75 Å². The van der Waals surface area contributed by atoms with E-state index in [2.05, 4.69) is 78.0 Å². The predicted octanol–water partition coefficient (Wildman–Crippen LogP) is 3.82. The molecule has 2 aromatic rings. The van der Waals surface area contributed by atoms with E-state index in [0.717, 1.165) is 30.8 Å². The molecular weight excluding hydrogens is 298 g/mol. The van der Waals surface area contributed by atoms with Gasteiger partial charge in [0, 0.05) is 5.69 Å². The van der Waals surface area contributed by atoms with E-state index in [4.69, 9.17) is 4.74 Å². The van der Waals surface area contributed by atoms with Gasteiger partial charge < -0.3 is 15.4 Å². The smallest absolute Gasteiger partial charge is 0.119 e. The highest BCUT2D eigenvalue weighted by molar-refractivity contribution is 5.60. The zero-order valence-corrected chi connectivity index (χ0v) is 14.3. The second kappa shape index (κ2) is 7.86. The van der Waals surface area contributed by atoms with Crippen LogP contribution in [0.2, 0.25) is 0 Å². The molecule has 2 unspecified atom stereocenters. The summed E-state index contributed by atoms with van der Waals surface area (Å²) in [4.78, 5) is 4.20. The maximum Gasteiger partial charge on any atom is 0.119 e. The molecule has 4 heteroatoms. The van der Waals surface area contributed by atoms with E-state index in [-0.39, 0.29) is 12.3 Å². The molecule has 0 radical (unpaired) electrons. The Hall–Kier alpha value is -2.49. The van der Waals surface area contributed by atoms with E-state index in [0.29, 0.717) is 0 Å². The van der Waals surface area contributed by atoms with Crippen molar-refractivity contribution in [2.24, 2.45) is 4.99 Å². The molecule has 2 N–H and O–H groups in total. The van der Waals surface area contributed by atoms with E-state index in [1.165, 1.54) is 11.1 Å². The van der Waals surface area contributed by atoms with E-state index in [1.54, 1.807) is 6.34 Å². The van der Waals surface area contributed by atoms with Crippen molar-refractivity contribution < 1.29 is 4.74 Å². The van der Waals surface area contributed by atoms with Gasteiger partial charge in [-0.05, 0) is 49.1 Å². The normalized spacial score (nSPS) is 17.3. The first kappa shape index (κ1) is 16.4. The van der Waals surface area contributed by atoms with Crippen LogP contribution in [0.25, 0.3) is 0 Å². The van der Waals surface area contributed by atoms with Crippen molar-refractivity contribution in [2.45, 2.75) is 39.0 Å². The van der Waals surface area contributed by atoms with Crippen LogP contribution in [0, 0.1) is 0 Å². The highest BCUT2D eigenvalue weighted by Crippen LogP contribution is 2.22. The summed E-state index contributed by atoms with van der Waals surface area (Å²) in [5.74, 6) is 0.937. The van der Waals surface area contributed by atoms with E-state index in [9.17, 15) is 0 Å². The van der Waals surface area contributed by atoms with Crippen molar-refractivity contribution in [1.82, 2.24) is 5.32 Å². The van der Waals surface area contributed by atoms with Crippen LogP contribution >= 0.6 is 0 Å². The number of anilines is 1. The Kier molecular flexibility index (Phi) is 5.36. The number of hydrogen-bond donors (Lipinski definition) is 2. The van der Waals surface area contributed by atoms with Crippen molar-refractivity contribution in [2.75, 3.05) is 11.9 Å². The third kappa shape index (κ3) is 4.28. The number of benzene rings is 2. The summed E-state index contributed by atoms with van der Waals surface area (Å²) in [6, 6.07) is 16.8. The number of rotatable bonds is 7. The van der Waals surface area contributed by atoms with Crippen molar-refractivity contribution in [1.29, 1.82) is 0 Å². The monoisotopic (exact) mass is 323 g/mol. The van der Waals surface area contributed by atoms with Crippen LogP contribution in [0.1, 0.15) is 31.4 Å². The molecule has 1 aliphatic rings. The molecule has 4 nitrogen and oxygen atoms in total. The fraction of sp³-hybridized carbons (Fsp3) is 0.350. The Morgan fingerprint density at radius 2 is 2.00 bits per heavy atom. The van der Waals surface area contributed by atoms with Gasteiger partial charge in [-0.2, -0.15) is 0 Å². The minimum Gasteiger partial charge on any atom is -0.491 e. The van der Waals surface area contributed by atoms with Crippen molar-refractivity contribution in [3.8, 4) is 5.75 Å². The highest BCUT2D eigenvalue weighted by Gasteiger charge is 2.12. The number of para-hydroxylation sites is 1. The maximum absolute atomic E-state index is 5.85. The Morgan fingerprint density at radius 3 is 2.71 bits per heavy atom. The molecule has 1 heterocycles. The van der Waals surface area contributed by atoms with Gasteiger partial charge in [-0.1, -0.05) is 37.3 Å². The van der Waals surface area contributed by atoms with Gasteiger partial charge in [0.1, 0.15) is 11.9 Å². The first-order valence-corrected chi connectivity index (χ1v) is 8.59. The summed E-state index contributed by atoms with van der Waals surface area (Å²) >= 11 is 0. The third-order valence-electron chi connectivity index (χ3n) is 4.23. The largest absolute Gasteiger partial charge is 0.491 e. The Morgan fingerprint density at radius 1 is 1.21 bits per heavy atom. The lowest BCUT2D eigenvalue weighted by Gasteiger charge is -2.17. The third-order valence-corrected chi connectivity index (χ3v) is 4.23. The summed E-state index contributed by atoms with van der Waals surface area (Å²) in [5, 5.41) is 6.72. The van der Waals surface area contributed by atoms with Gasteiger partial charge in [0.15, 0.2) is 0 Å². The zero-order chi connectivity index (χ0) is 16.8. The standard InChI is InChI=1S/C20H25N3O/c1-3-15(2)24-18-10-8-16(9-11-18)12-17-6-4-5-7-19(17)23-20-13-21-14-22-20/h4-11,14-15,20,23H,3,12-13H2,1-2H3,(H,21,22). The van der Waals surface area contributed by atoms with Gasteiger partial charge in [-0.15, -0.1) is 0 Å². The van der Waals surface area contributed by atoms with Gasteiger partial charge in [0.2, 0.25) is 0 Å². The van der Waals surface area contributed by atoms with Crippen molar-refractivity contribution >= 4 is 12.0 Å². The molecule has 0 saturated carbocycles. The van der Waals surface area contributed by atoms with Crippen LogP contribution in [0.4, 0.5) is 5.69 Å². The molecule has 0 bridgehead atoms. The molecule has 0 saturated heterocycles. The molecule has 0 aromatic heterocycles. The average Bonchev–Trinajstić information content (AvgIpc) is 3.11. The minimum atomic E-state index is 0.178. The fourth-order valence-corrected chi connectivity index (χ4v) is 2.67. The summed E-state index contributed by atoms with van der Waals surface area (Å²) in [5.41, 5.74) is 3.71. The molecule has 1 aliphatic heterocycles. The summed E-state index contributed by atoms with van der Waals surface area (Å²) in [6.45, 7) is 4.99. The molecule has 0 fully saturated rings. The van der Waals surface area contributed by atoms with Gasteiger partial charge in [-0.25, -0.2) is 0 Å². The first-order chi connectivity index (χ1) is 11.7. The zero-order valence-electron chi connectivity index (χ0n) is 14.3. The summed E-state index contributed by atoms with van der Waals surface area (Å²) in [7, 11) is 0. The average molecular weight is 323 g/mol. The topological polar surface area (TPSA) is 45.6 Å². The number of hydrogen-bond acceptors (Lipinski definition) is 4. The molecule has 0 spiro atoms. The molecule has 3 rings (SSSR count). The lowest BCUT2D eigenvalue weighted by molar-refractivity contribution is 0.217. The fourth-order valence-electron chi connectivity index (χ4n) is 2.67. The number of nitrogens with one attached hydrogen (secondary N) is 2. The second-order valence-electron chi connectivity index (χ2n) is 6.17. The van der Waals surface area contributed by atoms with Crippen LogP contribution < -0.4 is 15.4 Å². The SMILES string of the molecule is CCC(C)Oc1ccc(Cc2ccccc2NC2CN=CN2)cc1. The molecule has 24 heavy (non-hydrogen) atoms. The minimum absolute atomic E-state index is 0.178. The van der Waals surface area contributed by atoms with Gasteiger partial charge in [0.05, 0.1) is 19.0 Å². The summed E-state index contributed by atoms with van der Waals surface area (Å²) in [6.07, 6.45) is 4.09. The predicted molar refractivity (Wildman–Crippen MR) is 100.0 cm³/mol. The maximum atomic E-state index is 5.85.